The van der Waals surface area contributed by atoms with E-state index < -0.39 is 10.0 Å². The highest BCUT2D eigenvalue weighted by Gasteiger charge is 2.31. The molecule has 7 heteroatoms. The van der Waals surface area contributed by atoms with E-state index in [-0.39, 0.29) is 10.7 Å². The van der Waals surface area contributed by atoms with Gasteiger partial charge in [-0.15, -0.1) is 0 Å². The minimum atomic E-state index is -3.65. The van der Waals surface area contributed by atoms with Gasteiger partial charge >= 0.3 is 0 Å². The van der Waals surface area contributed by atoms with Crippen molar-refractivity contribution in [3.05, 3.63) is 53.3 Å². The zero-order valence-electron chi connectivity index (χ0n) is 15.2. The highest BCUT2D eigenvalue weighted by Crippen LogP contribution is 2.30. The number of benzene rings is 2. The van der Waals surface area contributed by atoms with Gasteiger partial charge in [0.2, 0.25) is 10.0 Å². The number of rotatable bonds is 4. The van der Waals surface area contributed by atoms with Crippen molar-refractivity contribution in [2.45, 2.75) is 18.7 Å². The van der Waals surface area contributed by atoms with Gasteiger partial charge in [-0.3, -0.25) is 0 Å². The fraction of sp³-hybridized carbons (Fsp3) is 0.368. The van der Waals surface area contributed by atoms with Gasteiger partial charge in [-0.2, -0.15) is 4.31 Å². The normalized spacial score (nSPS) is 15.9. The zero-order valence-corrected chi connectivity index (χ0v) is 16.0. The molecule has 1 aliphatic rings. The van der Waals surface area contributed by atoms with Crippen LogP contribution >= 0.6 is 0 Å². The number of halogens is 1. The topological polar surface area (TPSA) is 49.9 Å². The maximum absolute atomic E-state index is 13.4. The molecular formula is C19H23FN2O3S. The van der Waals surface area contributed by atoms with Crippen LogP contribution in [-0.4, -0.2) is 46.0 Å². The van der Waals surface area contributed by atoms with E-state index in [0.717, 1.165) is 16.8 Å². The van der Waals surface area contributed by atoms with E-state index >= 15 is 0 Å². The molecule has 0 N–H and O–H groups in total. The Kier molecular flexibility index (Phi) is 5.20. The van der Waals surface area contributed by atoms with Crippen molar-refractivity contribution in [3.63, 3.8) is 0 Å². The number of hydrogen-bond donors (Lipinski definition) is 0. The molecule has 1 heterocycles. The largest absolute Gasteiger partial charge is 0.495 e. The maximum Gasteiger partial charge on any atom is 0.246 e. The van der Waals surface area contributed by atoms with E-state index in [1.165, 1.54) is 23.5 Å². The van der Waals surface area contributed by atoms with Crippen molar-refractivity contribution < 1.29 is 17.5 Å². The van der Waals surface area contributed by atoms with Gasteiger partial charge in [-0.05, 0) is 55.3 Å². The van der Waals surface area contributed by atoms with E-state index in [4.69, 9.17) is 4.74 Å². The van der Waals surface area contributed by atoms with Crippen molar-refractivity contribution in [2.24, 2.45) is 0 Å². The second-order valence-electron chi connectivity index (χ2n) is 6.46. The van der Waals surface area contributed by atoms with Crippen LogP contribution in [0, 0.1) is 19.7 Å². The molecule has 0 bridgehead atoms. The number of methoxy groups -OCH3 is 1. The second-order valence-corrected chi connectivity index (χ2v) is 8.36. The molecule has 3 rings (SSSR count). The molecule has 0 amide bonds. The SMILES string of the molecule is COc1cc(C)c(C)cc1S(=O)(=O)N1CCN(c2cccc(F)c2)CC1. The standard InChI is InChI=1S/C19H23FN2O3S/c1-14-11-18(25-3)19(12-15(14)2)26(23,24)22-9-7-21(8-10-22)17-6-4-5-16(20)13-17/h4-6,11-13H,7-10H2,1-3H3. The van der Waals surface area contributed by atoms with Crippen LogP contribution < -0.4 is 9.64 Å². The zero-order chi connectivity index (χ0) is 18.9. The minimum Gasteiger partial charge on any atom is -0.495 e. The number of nitrogens with zero attached hydrogens (tertiary/aromatic N) is 2. The Morgan fingerprint density at radius 2 is 1.65 bits per heavy atom. The van der Waals surface area contributed by atoms with Crippen molar-refractivity contribution in [2.75, 3.05) is 38.2 Å². The van der Waals surface area contributed by atoms with Gasteiger partial charge in [0.1, 0.15) is 16.5 Å². The first kappa shape index (κ1) is 18.7. The molecule has 0 atom stereocenters. The number of ether oxygens (including phenoxy) is 1. The van der Waals surface area contributed by atoms with Gasteiger partial charge < -0.3 is 9.64 Å². The number of hydrogen-bond acceptors (Lipinski definition) is 4. The lowest BCUT2D eigenvalue weighted by atomic mass is 10.1. The molecule has 140 valence electrons. The molecule has 26 heavy (non-hydrogen) atoms. The molecular weight excluding hydrogens is 355 g/mol. The third-order valence-corrected chi connectivity index (χ3v) is 6.73. The van der Waals surface area contributed by atoms with Crippen LogP contribution in [0.15, 0.2) is 41.3 Å². The van der Waals surface area contributed by atoms with Gasteiger partial charge in [-0.25, -0.2) is 12.8 Å². The second kappa shape index (κ2) is 7.25. The lowest BCUT2D eigenvalue weighted by molar-refractivity contribution is 0.374. The Morgan fingerprint density at radius 1 is 1.00 bits per heavy atom. The molecule has 0 aliphatic carbocycles. The minimum absolute atomic E-state index is 0.197. The monoisotopic (exact) mass is 378 g/mol. The van der Waals surface area contributed by atoms with E-state index in [1.54, 1.807) is 18.2 Å². The van der Waals surface area contributed by atoms with Gasteiger partial charge in [0.15, 0.2) is 0 Å². The molecule has 1 saturated heterocycles. The fourth-order valence-corrected chi connectivity index (χ4v) is 4.77. The van der Waals surface area contributed by atoms with Crippen LogP contribution in [0.25, 0.3) is 0 Å². The fourth-order valence-electron chi connectivity index (χ4n) is 3.12. The predicted molar refractivity (Wildman–Crippen MR) is 99.8 cm³/mol. The number of piperazine rings is 1. The van der Waals surface area contributed by atoms with Crippen LogP contribution in [0.2, 0.25) is 0 Å². The lowest BCUT2D eigenvalue weighted by Gasteiger charge is -2.35. The van der Waals surface area contributed by atoms with Crippen LogP contribution in [-0.2, 0) is 10.0 Å². The van der Waals surface area contributed by atoms with Crippen molar-refractivity contribution in [1.82, 2.24) is 4.31 Å². The quantitative estimate of drug-likeness (QED) is 0.821. The summed E-state index contributed by atoms with van der Waals surface area (Å²) in [6.45, 7) is 5.51. The molecule has 0 spiro atoms. The highest BCUT2D eigenvalue weighted by atomic mass is 32.2. The summed E-state index contributed by atoms with van der Waals surface area (Å²) in [6, 6.07) is 9.79. The van der Waals surface area contributed by atoms with E-state index in [1.807, 2.05) is 24.8 Å². The lowest BCUT2D eigenvalue weighted by Crippen LogP contribution is -2.48. The maximum atomic E-state index is 13.4. The van der Waals surface area contributed by atoms with Crippen molar-refractivity contribution >= 4 is 15.7 Å². The van der Waals surface area contributed by atoms with Gasteiger partial charge in [0.05, 0.1) is 7.11 Å². The summed E-state index contributed by atoms with van der Waals surface area (Å²) in [5.74, 6) is 0.0677. The third kappa shape index (κ3) is 3.54. The van der Waals surface area contributed by atoms with Crippen LogP contribution in [0.1, 0.15) is 11.1 Å². The molecule has 0 unspecified atom stereocenters. The Balaban J connectivity index is 1.81. The number of sulfonamides is 1. The molecule has 2 aromatic carbocycles. The number of aryl methyl sites for hydroxylation is 2. The predicted octanol–water partition coefficient (Wildman–Crippen LogP) is 2.96. The molecule has 0 saturated carbocycles. The van der Waals surface area contributed by atoms with Crippen molar-refractivity contribution in [3.8, 4) is 5.75 Å². The first-order valence-corrected chi connectivity index (χ1v) is 9.93. The molecule has 1 aliphatic heterocycles. The Bertz CT molecular complexity index is 907. The highest BCUT2D eigenvalue weighted by molar-refractivity contribution is 7.89. The molecule has 0 radical (unpaired) electrons. The summed E-state index contributed by atoms with van der Waals surface area (Å²) < 4.78 is 46.4. The Labute approximate surface area is 154 Å². The van der Waals surface area contributed by atoms with Gasteiger partial charge in [0, 0.05) is 31.9 Å². The van der Waals surface area contributed by atoms with E-state index in [9.17, 15) is 12.8 Å². The van der Waals surface area contributed by atoms with E-state index in [0.29, 0.717) is 31.9 Å². The van der Waals surface area contributed by atoms with Gasteiger partial charge in [-0.1, -0.05) is 6.07 Å². The summed E-state index contributed by atoms with van der Waals surface area (Å²) in [5, 5.41) is 0. The molecule has 2 aromatic rings. The summed E-state index contributed by atoms with van der Waals surface area (Å²) >= 11 is 0. The summed E-state index contributed by atoms with van der Waals surface area (Å²) in [7, 11) is -2.17. The Morgan fingerprint density at radius 3 is 2.27 bits per heavy atom. The smallest absolute Gasteiger partial charge is 0.246 e. The first-order chi connectivity index (χ1) is 12.3. The first-order valence-electron chi connectivity index (χ1n) is 8.49. The van der Waals surface area contributed by atoms with Crippen molar-refractivity contribution in [1.29, 1.82) is 0 Å². The van der Waals surface area contributed by atoms with Crippen LogP contribution in [0.5, 0.6) is 5.75 Å². The average Bonchev–Trinajstić information content (AvgIpc) is 2.63. The third-order valence-electron chi connectivity index (χ3n) is 4.81. The average molecular weight is 378 g/mol. The summed E-state index contributed by atoms with van der Waals surface area (Å²) in [5.41, 5.74) is 2.66. The number of anilines is 1. The van der Waals surface area contributed by atoms with Crippen LogP contribution in [0.4, 0.5) is 10.1 Å². The Hall–Kier alpha value is -2.12. The molecule has 5 nitrogen and oxygen atoms in total. The van der Waals surface area contributed by atoms with Gasteiger partial charge in [0.25, 0.3) is 0 Å². The molecule has 1 fully saturated rings. The van der Waals surface area contributed by atoms with E-state index in [2.05, 4.69) is 0 Å². The van der Waals surface area contributed by atoms with Crippen LogP contribution in [0.3, 0.4) is 0 Å². The summed E-state index contributed by atoms with van der Waals surface area (Å²) in [6.07, 6.45) is 0. The summed E-state index contributed by atoms with van der Waals surface area (Å²) in [4.78, 5) is 2.19. The molecule has 0 aromatic heterocycles.